The van der Waals surface area contributed by atoms with Gasteiger partial charge in [-0.15, -0.1) is 0 Å². The van der Waals surface area contributed by atoms with Crippen LogP contribution in [0.25, 0.3) is 0 Å². The van der Waals surface area contributed by atoms with Crippen molar-refractivity contribution in [2.24, 2.45) is 0 Å². The number of hydrogen-bond acceptors (Lipinski definition) is 1. The molecule has 0 N–H and O–H groups in total. The van der Waals surface area contributed by atoms with Crippen LogP contribution in [-0.2, 0) is 4.74 Å². The molecule has 56 valence electrons. The third kappa shape index (κ3) is 8.18. The molecule has 0 saturated heterocycles. The Labute approximate surface area is 59.4 Å². The summed E-state index contributed by atoms with van der Waals surface area (Å²) in [5.41, 5.74) is 0. The maximum atomic E-state index is 5.41. The van der Waals surface area contributed by atoms with Gasteiger partial charge in [-0.25, -0.2) is 0 Å². The predicted octanol–water partition coefficient (Wildman–Crippen LogP) is 2.29. The van der Waals surface area contributed by atoms with Crippen LogP contribution in [0.4, 0.5) is 0 Å². The Hall–Kier alpha value is 0.177. The van der Waals surface area contributed by atoms with Gasteiger partial charge >= 0.3 is 0 Å². The molecule has 0 aromatic heterocycles. The summed E-state index contributed by atoms with van der Waals surface area (Å²) in [6, 6.07) is 0. The minimum atomic E-state index is -0.917. The van der Waals surface area contributed by atoms with Crippen LogP contribution in [0.2, 0.25) is 19.6 Å². The van der Waals surface area contributed by atoms with Gasteiger partial charge in [-0.05, 0) is 6.42 Å². The number of hydrogen-bond donors (Lipinski definition) is 0. The highest BCUT2D eigenvalue weighted by atomic mass is 28.3. The summed E-state index contributed by atoms with van der Waals surface area (Å²) in [6.45, 7) is 10.0. The van der Waals surface area contributed by atoms with E-state index in [1.54, 1.807) is 0 Å². The molecule has 0 aliphatic carbocycles. The summed E-state index contributed by atoms with van der Waals surface area (Å²) in [4.78, 5) is 0. The van der Waals surface area contributed by atoms with Crippen LogP contribution in [0.15, 0.2) is 0 Å². The Kier molecular flexibility index (Phi) is 4.15. The lowest BCUT2D eigenvalue weighted by atomic mass is 10.5. The molecule has 0 bridgehead atoms. The highest BCUT2D eigenvalue weighted by molar-refractivity contribution is 6.76. The zero-order chi connectivity index (χ0) is 7.33. The van der Waals surface area contributed by atoms with Crippen molar-refractivity contribution in [3.63, 3.8) is 0 Å². The Balaban J connectivity index is 3.07. The van der Waals surface area contributed by atoms with E-state index < -0.39 is 8.07 Å². The maximum Gasteiger partial charge on any atom is 0.0746 e. The SMILES string of the molecule is CCCOC[Si](C)(C)C. The van der Waals surface area contributed by atoms with Gasteiger partial charge in [-0.3, -0.25) is 0 Å². The predicted molar refractivity (Wildman–Crippen MR) is 44.5 cm³/mol. The topological polar surface area (TPSA) is 9.23 Å². The van der Waals surface area contributed by atoms with Crippen molar-refractivity contribution in [3.8, 4) is 0 Å². The molecule has 0 aromatic carbocycles. The van der Waals surface area contributed by atoms with E-state index in [1.165, 1.54) is 0 Å². The highest BCUT2D eigenvalue weighted by Gasteiger charge is 2.11. The molecule has 2 heteroatoms. The lowest BCUT2D eigenvalue weighted by Gasteiger charge is -2.14. The second-order valence-electron chi connectivity index (χ2n) is 3.61. The van der Waals surface area contributed by atoms with E-state index in [4.69, 9.17) is 4.74 Å². The second kappa shape index (κ2) is 4.07. The molecule has 0 unspecified atom stereocenters. The largest absolute Gasteiger partial charge is 0.385 e. The Bertz CT molecular complexity index is 65.8. The molecule has 0 rings (SSSR count). The van der Waals surface area contributed by atoms with Crippen molar-refractivity contribution in [2.45, 2.75) is 33.0 Å². The van der Waals surface area contributed by atoms with E-state index >= 15 is 0 Å². The van der Waals surface area contributed by atoms with Crippen LogP contribution in [0.5, 0.6) is 0 Å². The summed E-state index contributed by atoms with van der Waals surface area (Å²) in [7, 11) is -0.917. The molecule has 1 nitrogen and oxygen atoms in total. The quantitative estimate of drug-likeness (QED) is 0.437. The first-order valence-corrected chi connectivity index (χ1v) is 7.35. The van der Waals surface area contributed by atoms with Crippen LogP contribution in [0.3, 0.4) is 0 Å². The summed E-state index contributed by atoms with van der Waals surface area (Å²) in [5, 5.41) is 0. The van der Waals surface area contributed by atoms with Gasteiger partial charge in [0.05, 0.1) is 8.07 Å². The number of ether oxygens (including phenoxy) is 1. The van der Waals surface area contributed by atoms with Gasteiger partial charge in [0, 0.05) is 12.8 Å². The van der Waals surface area contributed by atoms with Crippen molar-refractivity contribution < 1.29 is 4.74 Å². The average Bonchev–Trinajstić information content (AvgIpc) is 1.63. The molecule has 0 amide bonds. The van der Waals surface area contributed by atoms with Crippen molar-refractivity contribution in [3.05, 3.63) is 0 Å². The molecule has 0 spiro atoms. The molecular weight excluding hydrogens is 128 g/mol. The van der Waals surface area contributed by atoms with E-state index in [-0.39, 0.29) is 0 Å². The van der Waals surface area contributed by atoms with Crippen LogP contribution in [0.1, 0.15) is 13.3 Å². The fraction of sp³-hybridized carbons (Fsp3) is 1.00. The smallest absolute Gasteiger partial charge is 0.0746 e. The van der Waals surface area contributed by atoms with E-state index in [2.05, 4.69) is 26.6 Å². The van der Waals surface area contributed by atoms with Crippen molar-refractivity contribution in [2.75, 3.05) is 12.8 Å². The van der Waals surface area contributed by atoms with Gasteiger partial charge in [-0.1, -0.05) is 26.6 Å². The van der Waals surface area contributed by atoms with Crippen molar-refractivity contribution in [1.82, 2.24) is 0 Å². The third-order valence-electron chi connectivity index (χ3n) is 0.884. The molecule has 0 saturated carbocycles. The standard InChI is InChI=1S/C7H18OSi/c1-5-6-8-7-9(2,3)4/h5-7H2,1-4H3. The van der Waals surface area contributed by atoms with Crippen molar-refractivity contribution in [1.29, 1.82) is 0 Å². The summed E-state index contributed by atoms with van der Waals surface area (Å²) < 4.78 is 5.41. The van der Waals surface area contributed by atoms with E-state index in [1.807, 2.05) is 0 Å². The molecule has 0 aliphatic rings. The molecule has 0 aromatic rings. The molecule has 0 atom stereocenters. The Morgan fingerprint density at radius 3 is 2.11 bits per heavy atom. The zero-order valence-electron chi connectivity index (χ0n) is 7.03. The maximum absolute atomic E-state index is 5.41. The minimum absolute atomic E-state index is 0.917. The van der Waals surface area contributed by atoms with Crippen LogP contribution < -0.4 is 0 Å². The zero-order valence-corrected chi connectivity index (χ0v) is 8.03. The van der Waals surface area contributed by atoms with Gasteiger partial charge in [-0.2, -0.15) is 0 Å². The normalized spacial score (nSPS) is 12.0. The molecular formula is C7H18OSi. The van der Waals surface area contributed by atoms with Crippen molar-refractivity contribution >= 4 is 8.07 Å². The fourth-order valence-corrected chi connectivity index (χ4v) is 1.28. The Morgan fingerprint density at radius 2 is 1.78 bits per heavy atom. The van der Waals surface area contributed by atoms with E-state index in [0.29, 0.717) is 0 Å². The summed E-state index contributed by atoms with van der Waals surface area (Å²) >= 11 is 0. The molecule has 9 heavy (non-hydrogen) atoms. The summed E-state index contributed by atoms with van der Waals surface area (Å²) in [6.07, 6.45) is 2.16. The van der Waals surface area contributed by atoms with Crippen LogP contribution >= 0.6 is 0 Å². The van der Waals surface area contributed by atoms with Gasteiger partial charge in [0.25, 0.3) is 0 Å². The van der Waals surface area contributed by atoms with Gasteiger partial charge in [0.15, 0.2) is 0 Å². The lowest BCUT2D eigenvalue weighted by molar-refractivity contribution is 0.174. The first kappa shape index (κ1) is 9.18. The third-order valence-corrected chi connectivity index (χ3v) is 1.95. The molecule has 0 aliphatic heterocycles. The second-order valence-corrected chi connectivity index (χ2v) is 9.02. The first-order valence-electron chi connectivity index (χ1n) is 3.64. The first-order chi connectivity index (χ1) is 4.06. The Morgan fingerprint density at radius 1 is 1.22 bits per heavy atom. The number of rotatable bonds is 4. The van der Waals surface area contributed by atoms with Gasteiger partial charge < -0.3 is 4.74 Å². The fourth-order valence-electron chi connectivity index (χ4n) is 0.523. The van der Waals surface area contributed by atoms with E-state index in [0.717, 1.165) is 19.3 Å². The highest BCUT2D eigenvalue weighted by Crippen LogP contribution is 2.00. The molecule has 0 heterocycles. The van der Waals surface area contributed by atoms with Gasteiger partial charge in [0.2, 0.25) is 0 Å². The molecule has 0 radical (unpaired) electrons. The molecule has 0 fully saturated rings. The minimum Gasteiger partial charge on any atom is -0.385 e. The van der Waals surface area contributed by atoms with Gasteiger partial charge in [0.1, 0.15) is 0 Å². The van der Waals surface area contributed by atoms with E-state index in [9.17, 15) is 0 Å². The lowest BCUT2D eigenvalue weighted by Crippen LogP contribution is -2.28. The van der Waals surface area contributed by atoms with Crippen LogP contribution in [0, 0.1) is 0 Å². The monoisotopic (exact) mass is 146 g/mol. The average molecular weight is 146 g/mol. The van der Waals surface area contributed by atoms with Crippen LogP contribution in [-0.4, -0.2) is 20.9 Å². The summed E-state index contributed by atoms with van der Waals surface area (Å²) in [5.74, 6) is 0.